The molecule has 1 aromatic heterocycles. The number of aliphatic hydroxyl groups is 1. The number of carbonyl (C=O) groups excluding carboxylic acids is 5. The van der Waals surface area contributed by atoms with Crippen molar-refractivity contribution in [3.63, 3.8) is 0 Å². The van der Waals surface area contributed by atoms with Crippen LogP contribution in [0.5, 0.6) is 0 Å². The minimum Gasteiger partial charge on any atom is -0.461 e. The Labute approximate surface area is 381 Å². The number of nitrogens with one attached hydrogen (secondary N) is 1. The molecular formula is C49H57F2N3O10S. The zero-order valence-electron chi connectivity index (χ0n) is 37.2. The predicted octanol–water partition coefficient (Wildman–Crippen LogP) is 7.20. The van der Waals surface area contributed by atoms with Crippen molar-refractivity contribution in [3.8, 4) is 0 Å². The molecule has 7 rings (SSSR count). The molecule has 4 N–H and O–H groups in total. The Bertz CT molecular complexity index is 2380. The summed E-state index contributed by atoms with van der Waals surface area (Å²) in [6.45, 7) is 6.14. The maximum absolute atomic E-state index is 17.8. The number of hydrogen-bond donors (Lipinski definition) is 3. The first-order valence-electron chi connectivity index (χ1n) is 22.0. The maximum Gasteiger partial charge on any atom is 0.306 e. The molecule has 4 aliphatic carbocycles. The van der Waals surface area contributed by atoms with Gasteiger partial charge in [0.1, 0.15) is 19.4 Å². The Morgan fingerprint density at radius 2 is 1.74 bits per heavy atom. The van der Waals surface area contributed by atoms with Crippen molar-refractivity contribution in [1.29, 1.82) is 0 Å². The fraction of sp³-hybridized carbons (Fsp3) is 0.510. The normalized spacial score (nSPS) is 29.8. The smallest absolute Gasteiger partial charge is 0.306 e. The third-order valence-corrected chi connectivity index (χ3v) is 14.6. The van der Waals surface area contributed by atoms with Gasteiger partial charge in [-0.15, -0.1) is 0 Å². The van der Waals surface area contributed by atoms with Gasteiger partial charge in [-0.05, 0) is 129 Å². The van der Waals surface area contributed by atoms with Gasteiger partial charge in [0.15, 0.2) is 23.0 Å². The predicted molar refractivity (Wildman–Crippen MR) is 239 cm³/mol. The first kappa shape index (κ1) is 48.1. The van der Waals surface area contributed by atoms with E-state index in [4.69, 9.17) is 24.1 Å². The van der Waals surface area contributed by atoms with E-state index in [0.717, 1.165) is 34.5 Å². The van der Waals surface area contributed by atoms with Crippen molar-refractivity contribution in [2.24, 2.45) is 34.3 Å². The number of carbonyl (C=O) groups is 5. The molecule has 348 valence electrons. The number of nitrogens with zero attached hydrogens (tertiary/aromatic N) is 1. The van der Waals surface area contributed by atoms with E-state index in [1.54, 1.807) is 63.7 Å². The van der Waals surface area contributed by atoms with Gasteiger partial charge < -0.3 is 30.4 Å². The van der Waals surface area contributed by atoms with Crippen molar-refractivity contribution in [1.82, 2.24) is 4.98 Å². The molecule has 0 aliphatic heterocycles. The largest absolute Gasteiger partial charge is 0.461 e. The highest BCUT2D eigenvalue weighted by atomic mass is 32.2. The molecule has 3 fully saturated rings. The number of amides is 1. The molecule has 0 radical (unpaired) electrons. The van der Waals surface area contributed by atoms with Crippen LogP contribution in [0.25, 0.3) is 10.8 Å². The number of aromatic nitrogens is 1. The van der Waals surface area contributed by atoms with Gasteiger partial charge in [0, 0.05) is 41.1 Å². The Morgan fingerprint density at radius 1 is 1.02 bits per heavy atom. The number of rotatable bonds is 17. The molecule has 0 bridgehead atoms. The van der Waals surface area contributed by atoms with Crippen LogP contribution in [0.1, 0.15) is 83.3 Å². The molecule has 65 heavy (non-hydrogen) atoms. The first-order chi connectivity index (χ1) is 30.8. The number of anilines is 1. The fourth-order valence-corrected chi connectivity index (χ4v) is 11.5. The molecule has 3 saturated carbocycles. The fourth-order valence-electron chi connectivity index (χ4n) is 11.1. The van der Waals surface area contributed by atoms with E-state index in [1.807, 2.05) is 24.3 Å². The summed E-state index contributed by atoms with van der Waals surface area (Å²) in [5, 5.41) is 16.6. The van der Waals surface area contributed by atoms with E-state index >= 15 is 8.78 Å². The maximum atomic E-state index is 17.8. The van der Waals surface area contributed by atoms with Crippen molar-refractivity contribution in [2.75, 3.05) is 24.7 Å². The van der Waals surface area contributed by atoms with E-state index in [9.17, 15) is 29.1 Å². The van der Waals surface area contributed by atoms with E-state index in [-0.39, 0.29) is 56.7 Å². The van der Waals surface area contributed by atoms with Crippen LogP contribution in [0.15, 0.2) is 84.7 Å². The molecule has 1 unspecified atom stereocenters. The van der Waals surface area contributed by atoms with Crippen LogP contribution in [0.4, 0.5) is 14.5 Å². The number of hydrogen-bond acceptors (Lipinski definition) is 13. The highest BCUT2D eigenvalue weighted by Gasteiger charge is 2.74. The minimum absolute atomic E-state index is 0.00385. The Balaban J connectivity index is 0.945. The number of Topliss-reactive ketones (excluding diaryl/α,β-unsaturated/α-hetero) is 1. The van der Waals surface area contributed by atoms with Crippen LogP contribution in [0.2, 0.25) is 0 Å². The number of esters is 2. The second-order valence-electron chi connectivity index (χ2n) is 18.6. The van der Waals surface area contributed by atoms with Gasteiger partial charge in [-0.25, -0.2) is 8.78 Å². The molecule has 10 atom stereocenters. The van der Waals surface area contributed by atoms with Gasteiger partial charge in [-0.3, -0.25) is 33.1 Å². The molecule has 1 heterocycles. The third kappa shape index (κ3) is 9.55. The summed E-state index contributed by atoms with van der Waals surface area (Å²) in [7, 11) is 0. The second kappa shape index (κ2) is 19.2. The van der Waals surface area contributed by atoms with Gasteiger partial charge in [0.05, 0.1) is 36.9 Å². The highest BCUT2D eigenvalue weighted by molar-refractivity contribution is 7.93. The van der Waals surface area contributed by atoms with Crippen LogP contribution >= 0.6 is 12.0 Å². The van der Waals surface area contributed by atoms with E-state index in [1.165, 1.54) is 19.1 Å². The molecule has 0 saturated heterocycles. The standard InChI is InChI=1S/C49H57F2N3O10S/c1-46(2,64-65-5)63-40-23-35-36-22-38(50)37-21-33(55)14-17-48(37,4)49(36,51)41(57)24-47(35,3)44(40)39(56)27-62-43(59)13-12-42(58)61-26-28-6-8-29(9-7-28)34(15-18-52)45(60)54-32-11-10-31-25-53-19-16-30(31)20-32/h6-11,14,16-17,19-21,25,34-36,38,40-41,44,57H,12-13,15,18,22-24,26-27,52H2,1-5H3,(H,54,60)/t34?,35-,36-,38-,40+,41-,44-,47-,48-,49-/m0/s1. The highest BCUT2D eigenvalue weighted by Crippen LogP contribution is 2.69. The molecule has 13 nitrogen and oxygen atoms in total. The van der Waals surface area contributed by atoms with E-state index in [2.05, 4.69) is 10.3 Å². The van der Waals surface area contributed by atoms with Crippen molar-refractivity contribution < 1.29 is 56.3 Å². The van der Waals surface area contributed by atoms with Crippen molar-refractivity contribution >= 4 is 57.9 Å². The van der Waals surface area contributed by atoms with Gasteiger partial charge in [-0.2, -0.15) is 0 Å². The SMILES string of the molecule is CSOC(C)(C)O[C@@H]1C[C@H]2[C@@H]3C[C@H](F)C4=CC(=O)C=C[C@]4(C)[C@@]3(F)[C@@H](O)C[C@]2(C)[C@H]1C(=O)COC(=O)CCC(=O)OCc1ccc(C(CCN)C(=O)Nc2ccc3cnccc3c2)cc1. The number of ether oxygens (including phenoxy) is 3. The number of ketones is 2. The Kier molecular flexibility index (Phi) is 14.2. The summed E-state index contributed by atoms with van der Waals surface area (Å²) >= 11 is 1.06. The lowest BCUT2D eigenvalue weighted by Gasteiger charge is -2.62. The quantitative estimate of drug-likeness (QED) is 0.0700. The average Bonchev–Trinajstić information content (AvgIpc) is 3.54. The van der Waals surface area contributed by atoms with Crippen LogP contribution in [-0.4, -0.2) is 88.7 Å². The number of fused-ring (bicyclic) bond motifs is 6. The summed E-state index contributed by atoms with van der Waals surface area (Å²) in [6.07, 6.45) is 4.04. The molecular weight excluding hydrogens is 861 g/mol. The van der Waals surface area contributed by atoms with Gasteiger partial charge in [-0.1, -0.05) is 43.3 Å². The third-order valence-electron chi connectivity index (χ3n) is 14.1. The molecule has 0 spiro atoms. The molecule has 2 aromatic carbocycles. The van der Waals surface area contributed by atoms with Crippen LogP contribution in [0, 0.1) is 28.6 Å². The molecule has 16 heteroatoms. The van der Waals surface area contributed by atoms with Gasteiger partial charge in [0.2, 0.25) is 5.91 Å². The zero-order chi connectivity index (χ0) is 46.9. The lowest BCUT2D eigenvalue weighted by molar-refractivity contribution is -0.206. The van der Waals surface area contributed by atoms with Crippen LogP contribution < -0.4 is 11.1 Å². The Morgan fingerprint density at radius 3 is 2.45 bits per heavy atom. The molecule has 3 aromatic rings. The van der Waals surface area contributed by atoms with Crippen LogP contribution in [-0.2, 0) is 49.0 Å². The van der Waals surface area contributed by atoms with E-state index in [0.29, 0.717) is 17.7 Å². The summed E-state index contributed by atoms with van der Waals surface area (Å²) in [5.41, 5.74) is 2.84. The zero-order valence-corrected chi connectivity index (χ0v) is 38.0. The minimum atomic E-state index is -2.36. The topological polar surface area (TPSA) is 193 Å². The van der Waals surface area contributed by atoms with Gasteiger partial charge in [0.25, 0.3) is 0 Å². The van der Waals surface area contributed by atoms with Crippen molar-refractivity contribution in [2.45, 2.75) is 109 Å². The summed E-state index contributed by atoms with van der Waals surface area (Å²) in [5.74, 6) is -7.12. The average molecular weight is 918 g/mol. The summed E-state index contributed by atoms with van der Waals surface area (Å²) in [6, 6.07) is 14.5. The number of allylic oxidation sites excluding steroid dienone is 4. The lowest BCUT2D eigenvalue weighted by Crippen LogP contribution is -2.68. The number of pyridine rings is 1. The Hall–Kier alpha value is -4.87. The summed E-state index contributed by atoms with van der Waals surface area (Å²) < 4.78 is 56.8. The number of alkyl halides is 2. The number of nitrogens with two attached hydrogens (primary N) is 1. The van der Waals surface area contributed by atoms with Crippen LogP contribution in [0.3, 0.4) is 0 Å². The number of halogens is 2. The molecule has 1 amide bonds. The lowest BCUT2D eigenvalue weighted by atomic mass is 9.45. The van der Waals surface area contributed by atoms with Gasteiger partial charge >= 0.3 is 11.9 Å². The summed E-state index contributed by atoms with van der Waals surface area (Å²) in [4.78, 5) is 69.6. The van der Waals surface area contributed by atoms with E-state index < -0.39 is 94.4 Å². The monoisotopic (exact) mass is 917 g/mol. The number of benzene rings is 2. The second-order valence-corrected chi connectivity index (χ2v) is 19.1. The number of aliphatic hydroxyl groups excluding tert-OH is 1. The molecule has 4 aliphatic rings. The van der Waals surface area contributed by atoms with Crippen molar-refractivity contribution in [3.05, 3.63) is 95.9 Å². The first-order valence-corrected chi connectivity index (χ1v) is 23.1.